The Bertz CT molecular complexity index is 1550. The molecule has 1 aliphatic heterocycles. The number of ether oxygens (including phenoxy) is 4. The van der Waals surface area contributed by atoms with E-state index in [0.717, 1.165) is 10.9 Å². The molecule has 0 N–H and O–H groups in total. The Morgan fingerprint density at radius 2 is 1.71 bits per heavy atom. The van der Waals surface area contributed by atoms with E-state index in [9.17, 15) is 22.8 Å². The topological polar surface area (TPSA) is 79.2 Å². The number of amides is 1. The molecule has 0 saturated carbocycles. The van der Waals surface area contributed by atoms with E-state index in [1.54, 1.807) is 25.1 Å². The normalized spacial score (nSPS) is 12.9. The summed E-state index contributed by atoms with van der Waals surface area (Å²) < 4.78 is 60.0. The maximum atomic E-state index is 13.0. The lowest BCUT2D eigenvalue weighted by atomic mass is 10.1. The summed E-state index contributed by atoms with van der Waals surface area (Å²) in [5.74, 6) is 0.355. The molecule has 41 heavy (non-hydrogen) atoms. The van der Waals surface area contributed by atoms with E-state index in [0.29, 0.717) is 54.6 Å². The number of hydrogen-bond donors (Lipinski definition) is 0. The van der Waals surface area contributed by atoms with Gasteiger partial charge in [0.1, 0.15) is 23.8 Å². The molecule has 0 atom stereocenters. The fourth-order valence-electron chi connectivity index (χ4n) is 4.66. The number of anilines is 1. The van der Waals surface area contributed by atoms with E-state index in [4.69, 9.17) is 14.2 Å². The largest absolute Gasteiger partial charge is 0.573 e. The van der Waals surface area contributed by atoms with Crippen molar-refractivity contribution in [3.05, 3.63) is 84.1 Å². The zero-order chi connectivity index (χ0) is 29.0. The van der Waals surface area contributed by atoms with Crippen LogP contribution in [0.5, 0.6) is 17.2 Å². The second-order valence-corrected chi connectivity index (χ2v) is 9.24. The molecule has 1 aromatic heterocycles. The third-order valence-corrected chi connectivity index (χ3v) is 6.47. The molecule has 1 aliphatic rings. The number of carbonyl (C=O) groups is 2. The quantitative estimate of drug-likeness (QED) is 0.161. The van der Waals surface area contributed by atoms with Crippen molar-refractivity contribution in [2.24, 2.45) is 0 Å². The highest BCUT2D eigenvalue weighted by molar-refractivity contribution is 6.10. The van der Waals surface area contributed by atoms with E-state index in [-0.39, 0.29) is 30.7 Å². The van der Waals surface area contributed by atoms with Crippen LogP contribution in [0.1, 0.15) is 29.3 Å². The van der Waals surface area contributed by atoms with Crippen LogP contribution in [-0.4, -0.2) is 42.6 Å². The summed E-state index contributed by atoms with van der Waals surface area (Å²) in [6, 6.07) is 17.9. The van der Waals surface area contributed by atoms with Gasteiger partial charge in [0.15, 0.2) is 0 Å². The number of esters is 1. The van der Waals surface area contributed by atoms with Crippen molar-refractivity contribution in [3.63, 3.8) is 0 Å². The van der Waals surface area contributed by atoms with E-state index < -0.39 is 6.36 Å². The van der Waals surface area contributed by atoms with Gasteiger partial charge in [0.25, 0.3) is 5.91 Å². The minimum Gasteiger partial charge on any atom is -0.493 e. The lowest BCUT2D eigenvalue weighted by molar-refractivity contribution is -0.274. The highest BCUT2D eigenvalue weighted by atomic mass is 19.4. The van der Waals surface area contributed by atoms with Gasteiger partial charge in [-0.15, -0.1) is 13.2 Å². The number of aromatic nitrogens is 1. The fraction of sp³-hybridized carbons (Fsp3) is 0.267. The standard InChI is InChI=1S/C30H27F3N2O6/c1-2-38-28(36)19-34-14-13-20-17-23(11-12-26(20)34)39-15-4-16-40-27-6-3-5-24-25(27)18-35(29(24)37)21-7-9-22(10-8-21)41-30(31,32)33/h3,5-14,17H,2,4,15-16,18-19H2,1H3. The molecule has 0 radical (unpaired) electrons. The predicted molar refractivity (Wildman–Crippen MR) is 144 cm³/mol. The summed E-state index contributed by atoms with van der Waals surface area (Å²) in [4.78, 5) is 26.3. The molecule has 0 saturated heterocycles. The average Bonchev–Trinajstić information content (AvgIpc) is 3.49. The third kappa shape index (κ3) is 6.56. The fourth-order valence-corrected chi connectivity index (χ4v) is 4.66. The Hall–Kier alpha value is -4.67. The monoisotopic (exact) mass is 568 g/mol. The van der Waals surface area contributed by atoms with Crippen molar-refractivity contribution in [2.45, 2.75) is 32.8 Å². The molecule has 11 heteroatoms. The van der Waals surface area contributed by atoms with Gasteiger partial charge in [-0.2, -0.15) is 0 Å². The van der Waals surface area contributed by atoms with Crippen molar-refractivity contribution in [1.82, 2.24) is 4.57 Å². The van der Waals surface area contributed by atoms with Gasteiger partial charge in [-0.3, -0.25) is 9.59 Å². The smallest absolute Gasteiger partial charge is 0.493 e. The van der Waals surface area contributed by atoms with Crippen LogP contribution in [0.25, 0.3) is 10.9 Å². The first-order chi connectivity index (χ1) is 19.7. The molecule has 0 spiro atoms. The van der Waals surface area contributed by atoms with Gasteiger partial charge >= 0.3 is 12.3 Å². The van der Waals surface area contributed by atoms with Gasteiger partial charge in [0, 0.05) is 40.3 Å². The number of carbonyl (C=O) groups excluding carboxylic acids is 2. The average molecular weight is 569 g/mol. The first-order valence-electron chi connectivity index (χ1n) is 13.0. The van der Waals surface area contributed by atoms with Crippen molar-refractivity contribution in [3.8, 4) is 17.2 Å². The van der Waals surface area contributed by atoms with Crippen molar-refractivity contribution in [1.29, 1.82) is 0 Å². The van der Waals surface area contributed by atoms with E-state index in [1.807, 2.05) is 35.0 Å². The molecule has 0 aliphatic carbocycles. The Kier molecular flexibility index (Phi) is 8.04. The predicted octanol–water partition coefficient (Wildman–Crippen LogP) is 6.11. The molecule has 0 bridgehead atoms. The number of nitrogens with zero attached hydrogens (tertiary/aromatic N) is 2. The van der Waals surface area contributed by atoms with Crippen molar-refractivity contribution >= 4 is 28.5 Å². The Morgan fingerprint density at radius 1 is 0.951 bits per heavy atom. The number of halogens is 3. The van der Waals surface area contributed by atoms with Gasteiger partial charge in [0.05, 0.1) is 26.4 Å². The van der Waals surface area contributed by atoms with Crippen LogP contribution in [0.3, 0.4) is 0 Å². The number of rotatable bonds is 11. The van der Waals surface area contributed by atoms with Gasteiger partial charge in [-0.1, -0.05) is 6.07 Å². The van der Waals surface area contributed by atoms with Crippen LogP contribution in [0, 0.1) is 0 Å². The minimum atomic E-state index is -4.79. The second-order valence-electron chi connectivity index (χ2n) is 9.24. The van der Waals surface area contributed by atoms with Gasteiger partial charge in [-0.25, -0.2) is 0 Å². The highest BCUT2D eigenvalue weighted by Gasteiger charge is 2.33. The van der Waals surface area contributed by atoms with Crippen LogP contribution in [0.2, 0.25) is 0 Å². The Labute approximate surface area is 233 Å². The van der Waals surface area contributed by atoms with Crippen LogP contribution >= 0.6 is 0 Å². The van der Waals surface area contributed by atoms with Crippen molar-refractivity contribution in [2.75, 3.05) is 24.7 Å². The van der Waals surface area contributed by atoms with Gasteiger partial charge < -0.3 is 28.4 Å². The SMILES string of the molecule is CCOC(=O)Cn1ccc2cc(OCCCOc3cccc4c3CN(c3ccc(OC(F)(F)F)cc3)C4=O)ccc21. The van der Waals surface area contributed by atoms with E-state index in [1.165, 1.54) is 29.2 Å². The minimum absolute atomic E-state index is 0.143. The number of hydrogen-bond acceptors (Lipinski definition) is 6. The summed E-state index contributed by atoms with van der Waals surface area (Å²) in [6.07, 6.45) is -2.37. The summed E-state index contributed by atoms with van der Waals surface area (Å²) in [6.45, 7) is 3.24. The lowest BCUT2D eigenvalue weighted by Gasteiger charge is -2.17. The highest BCUT2D eigenvalue weighted by Crippen LogP contribution is 2.35. The first-order valence-corrected chi connectivity index (χ1v) is 13.0. The summed E-state index contributed by atoms with van der Waals surface area (Å²) in [5.41, 5.74) is 2.55. The summed E-state index contributed by atoms with van der Waals surface area (Å²) in [5, 5.41) is 0.944. The Morgan fingerprint density at radius 3 is 2.46 bits per heavy atom. The molecule has 0 unspecified atom stereocenters. The molecule has 2 heterocycles. The molecule has 5 rings (SSSR count). The van der Waals surface area contributed by atoms with Crippen molar-refractivity contribution < 1.29 is 41.7 Å². The maximum absolute atomic E-state index is 13.0. The third-order valence-electron chi connectivity index (χ3n) is 6.47. The summed E-state index contributed by atoms with van der Waals surface area (Å²) >= 11 is 0. The van der Waals surface area contributed by atoms with Crippen LogP contribution in [0.15, 0.2) is 72.9 Å². The van der Waals surface area contributed by atoms with E-state index in [2.05, 4.69) is 4.74 Å². The maximum Gasteiger partial charge on any atom is 0.573 e. The second kappa shape index (κ2) is 11.8. The van der Waals surface area contributed by atoms with Gasteiger partial charge in [-0.05, 0) is 67.6 Å². The molecular weight excluding hydrogens is 541 g/mol. The number of alkyl halides is 3. The molecular formula is C30H27F3N2O6. The molecule has 214 valence electrons. The summed E-state index contributed by atoms with van der Waals surface area (Å²) in [7, 11) is 0. The zero-order valence-electron chi connectivity index (χ0n) is 22.1. The zero-order valence-corrected chi connectivity index (χ0v) is 22.1. The molecule has 0 fully saturated rings. The van der Waals surface area contributed by atoms with Crippen LogP contribution < -0.4 is 19.1 Å². The molecule has 4 aromatic rings. The van der Waals surface area contributed by atoms with Gasteiger partial charge in [0.2, 0.25) is 0 Å². The number of benzene rings is 3. The van der Waals surface area contributed by atoms with Crippen LogP contribution in [-0.2, 0) is 22.6 Å². The molecule has 8 nitrogen and oxygen atoms in total. The lowest BCUT2D eigenvalue weighted by Crippen LogP contribution is -2.23. The first kappa shape index (κ1) is 27.9. The molecule has 3 aromatic carbocycles. The number of fused-ring (bicyclic) bond motifs is 2. The molecule has 1 amide bonds. The van der Waals surface area contributed by atoms with Crippen LogP contribution in [0.4, 0.5) is 18.9 Å². The van der Waals surface area contributed by atoms with E-state index >= 15 is 0 Å². The Balaban J connectivity index is 1.14.